The lowest BCUT2D eigenvalue weighted by Crippen LogP contribution is -2.06. The first-order valence-corrected chi connectivity index (χ1v) is 6.84. The second-order valence-corrected chi connectivity index (χ2v) is 4.85. The molecule has 0 spiro atoms. The molecule has 2 aromatic carbocycles. The van der Waals surface area contributed by atoms with Gasteiger partial charge in [0.2, 0.25) is 0 Å². The average Bonchev–Trinajstić information content (AvgIpc) is 2.48. The van der Waals surface area contributed by atoms with Crippen LogP contribution in [0.25, 0.3) is 0 Å². The van der Waals surface area contributed by atoms with E-state index in [1.165, 1.54) is 5.56 Å². The number of anilines is 1. The summed E-state index contributed by atoms with van der Waals surface area (Å²) in [6.45, 7) is 2.13. The van der Waals surface area contributed by atoms with Crippen molar-refractivity contribution in [2.24, 2.45) is 0 Å². The topological polar surface area (TPSA) is 55.5 Å². The van der Waals surface area contributed by atoms with Gasteiger partial charge in [0.1, 0.15) is 5.75 Å². The highest BCUT2D eigenvalue weighted by Gasteiger charge is 2.14. The third kappa shape index (κ3) is 3.11. The van der Waals surface area contributed by atoms with E-state index >= 15 is 0 Å². The number of ether oxygens (including phenoxy) is 1. The van der Waals surface area contributed by atoms with E-state index in [0.29, 0.717) is 23.4 Å². The lowest BCUT2D eigenvalue weighted by molar-refractivity contribution is 0.179. The van der Waals surface area contributed by atoms with Gasteiger partial charge in [-0.15, -0.1) is 0 Å². The minimum Gasteiger partial charge on any atom is -0.495 e. The zero-order valence-corrected chi connectivity index (χ0v) is 12.0. The van der Waals surface area contributed by atoms with E-state index in [1.807, 2.05) is 12.1 Å². The molecule has 0 bridgehead atoms. The highest BCUT2D eigenvalue weighted by Crippen LogP contribution is 2.31. The van der Waals surface area contributed by atoms with Gasteiger partial charge >= 0.3 is 0 Å². The van der Waals surface area contributed by atoms with Crippen molar-refractivity contribution in [2.45, 2.75) is 25.9 Å². The van der Waals surface area contributed by atoms with Crippen LogP contribution in [0.1, 0.15) is 29.7 Å². The van der Waals surface area contributed by atoms with Crippen molar-refractivity contribution in [2.75, 3.05) is 12.8 Å². The molecule has 1 unspecified atom stereocenters. The highest BCUT2D eigenvalue weighted by atomic mass is 16.5. The summed E-state index contributed by atoms with van der Waals surface area (Å²) >= 11 is 0. The van der Waals surface area contributed by atoms with Crippen LogP contribution in [0.4, 0.5) is 5.69 Å². The van der Waals surface area contributed by atoms with Crippen LogP contribution < -0.4 is 10.5 Å². The van der Waals surface area contributed by atoms with E-state index in [4.69, 9.17) is 10.5 Å². The van der Waals surface area contributed by atoms with Crippen molar-refractivity contribution >= 4 is 5.69 Å². The van der Waals surface area contributed by atoms with E-state index in [-0.39, 0.29) is 0 Å². The molecule has 20 heavy (non-hydrogen) atoms. The summed E-state index contributed by atoms with van der Waals surface area (Å²) in [7, 11) is 1.57. The number of hydrogen-bond donors (Lipinski definition) is 2. The van der Waals surface area contributed by atoms with Gasteiger partial charge in [-0.1, -0.05) is 43.3 Å². The number of benzene rings is 2. The van der Waals surface area contributed by atoms with Crippen LogP contribution in [0.3, 0.4) is 0 Å². The number of aliphatic hydroxyl groups is 1. The van der Waals surface area contributed by atoms with Gasteiger partial charge in [0.15, 0.2) is 0 Å². The number of nitrogens with two attached hydrogens (primary N) is 1. The Bertz CT molecular complexity index is 564. The Morgan fingerprint density at radius 2 is 1.75 bits per heavy atom. The van der Waals surface area contributed by atoms with Gasteiger partial charge in [-0.05, 0) is 23.6 Å². The zero-order valence-electron chi connectivity index (χ0n) is 12.0. The minimum atomic E-state index is -0.627. The molecule has 0 amide bonds. The molecule has 0 aliphatic heterocycles. The van der Waals surface area contributed by atoms with E-state index < -0.39 is 6.10 Å². The molecular formula is C17H21NO2. The van der Waals surface area contributed by atoms with Gasteiger partial charge in [-0.3, -0.25) is 0 Å². The number of rotatable bonds is 5. The third-order valence-electron chi connectivity index (χ3n) is 3.54. The fraction of sp³-hybridized carbons (Fsp3) is 0.294. The van der Waals surface area contributed by atoms with Crippen molar-refractivity contribution in [1.29, 1.82) is 0 Å². The van der Waals surface area contributed by atoms with Gasteiger partial charge < -0.3 is 15.6 Å². The van der Waals surface area contributed by atoms with Crippen LogP contribution in [-0.2, 0) is 12.8 Å². The molecule has 106 valence electrons. The molecule has 3 heteroatoms. The van der Waals surface area contributed by atoms with Gasteiger partial charge in [0.05, 0.1) is 18.9 Å². The lowest BCUT2D eigenvalue weighted by Gasteiger charge is -2.15. The predicted octanol–water partition coefficient (Wildman–Crippen LogP) is 3.12. The molecule has 2 aromatic rings. The first-order valence-electron chi connectivity index (χ1n) is 6.84. The van der Waals surface area contributed by atoms with E-state index in [1.54, 1.807) is 13.2 Å². The summed E-state index contributed by atoms with van der Waals surface area (Å²) in [5.41, 5.74) is 9.62. The maximum atomic E-state index is 10.4. The summed E-state index contributed by atoms with van der Waals surface area (Å²) in [5, 5.41) is 10.4. The number of hydrogen-bond acceptors (Lipinski definition) is 3. The fourth-order valence-corrected chi connectivity index (χ4v) is 2.27. The molecule has 3 N–H and O–H groups in total. The number of nitrogen functional groups attached to an aromatic ring is 1. The second-order valence-electron chi connectivity index (χ2n) is 4.85. The summed E-state index contributed by atoms with van der Waals surface area (Å²) in [6, 6.07) is 13.8. The monoisotopic (exact) mass is 271 g/mol. The molecule has 0 aliphatic carbocycles. The van der Waals surface area contributed by atoms with Crippen molar-refractivity contribution < 1.29 is 9.84 Å². The minimum absolute atomic E-state index is 0.507. The zero-order chi connectivity index (χ0) is 14.5. The molecule has 0 radical (unpaired) electrons. The van der Waals surface area contributed by atoms with Crippen molar-refractivity contribution in [3.8, 4) is 5.75 Å². The highest BCUT2D eigenvalue weighted by molar-refractivity contribution is 5.59. The molecule has 0 aliphatic rings. The molecule has 0 heterocycles. The summed E-state index contributed by atoms with van der Waals surface area (Å²) in [6.07, 6.45) is 0.935. The number of aryl methyl sites for hydroxylation is 1. The van der Waals surface area contributed by atoms with Crippen LogP contribution in [0.5, 0.6) is 5.75 Å². The summed E-state index contributed by atoms with van der Waals surface area (Å²) in [5.74, 6) is 0.600. The van der Waals surface area contributed by atoms with E-state index in [0.717, 1.165) is 12.0 Å². The molecule has 1 atom stereocenters. The van der Waals surface area contributed by atoms with Gasteiger partial charge in [-0.25, -0.2) is 0 Å². The SMILES string of the molecule is CCc1ccc(CC(O)c2cccc(OC)c2N)cc1. The Hall–Kier alpha value is -2.00. The lowest BCUT2D eigenvalue weighted by atomic mass is 9.98. The molecular weight excluding hydrogens is 250 g/mol. The second kappa shape index (κ2) is 6.44. The van der Waals surface area contributed by atoms with Crippen LogP contribution in [-0.4, -0.2) is 12.2 Å². The Morgan fingerprint density at radius 3 is 2.35 bits per heavy atom. The Morgan fingerprint density at radius 1 is 1.10 bits per heavy atom. The quantitative estimate of drug-likeness (QED) is 0.821. The van der Waals surface area contributed by atoms with Crippen molar-refractivity contribution in [3.05, 3.63) is 59.2 Å². The fourth-order valence-electron chi connectivity index (χ4n) is 2.27. The van der Waals surface area contributed by atoms with E-state index in [2.05, 4.69) is 31.2 Å². The van der Waals surface area contributed by atoms with Crippen molar-refractivity contribution in [3.63, 3.8) is 0 Å². The van der Waals surface area contributed by atoms with Crippen LogP contribution in [0, 0.1) is 0 Å². The van der Waals surface area contributed by atoms with Gasteiger partial charge in [-0.2, -0.15) is 0 Å². The van der Waals surface area contributed by atoms with Gasteiger partial charge in [0, 0.05) is 12.0 Å². The first kappa shape index (κ1) is 14.4. The predicted molar refractivity (Wildman–Crippen MR) is 81.9 cm³/mol. The first-order chi connectivity index (χ1) is 9.65. The maximum Gasteiger partial charge on any atom is 0.142 e. The molecule has 0 saturated heterocycles. The Kier molecular flexibility index (Phi) is 4.64. The Labute approximate surface area is 120 Å². The standard InChI is InChI=1S/C17H21NO2/c1-3-12-7-9-13(10-8-12)11-15(19)14-5-4-6-16(20-2)17(14)18/h4-10,15,19H,3,11,18H2,1-2H3. The molecule has 3 nitrogen and oxygen atoms in total. The number of methoxy groups -OCH3 is 1. The molecule has 0 aromatic heterocycles. The Balaban J connectivity index is 2.16. The normalized spacial score (nSPS) is 12.2. The van der Waals surface area contributed by atoms with Crippen molar-refractivity contribution in [1.82, 2.24) is 0 Å². The number of aliphatic hydroxyl groups excluding tert-OH is 1. The molecule has 0 fully saturated rings. The van der Waals surface area contributed by atoms with Gasteiger partial charge in [0.25, 0.3) is 0 Å². The third-order valence-corrected chi connectivity index (χ3v) is 3.54. The molecule has 0 saturated carbocycles. The van der Waals surface area contributed by atoms with Crippen LogP contribution in [0.15, 0.2) is 42.5 Å². The average molecular weight is 271 g/mol. The van der Waals surface area contributed by atoms with Crippen LogP contribution >= 0.6 is 0 Å². The maximum absolute atomic E-state index is 10.4. The molecule has 2 rings (SSSR count). The summed E-state index contributed by atoms with van der Waals surface area (Å²) in [4.78, 5) is 0. The smallest absolute Gasteiger partial charge is 0.142 e. The summed E-state index contributed by atoms with van der Waals surface area (Å²) < 4.78 is 5.18. The number of para-hydroxylation sites is 1. The largest absolute Gasteiger partial charge is 0.495 e. The van der Waals surface area contributed by atoms with Crippen LogP contribution in [0.2, 0.25) is 0 Å². The van der Waals surface area contributed by atoms with E-state index in [9.17, 15) is 5.11 Å².